The first-order valence-corrected chi connectivity index (χ1v) is 5.59. The lowest BCUT2D eigenvalue weighted by molar-refractivity contribution is -0.153. The van der Waals surface area contributed by atoms with Crippen LogP contribution >= 0.6 is 0 Å². The van der Waals surface area contributed by atoms with Gasteiger partial charge in [0.1, 0.15) is 18.8 Å². The van der Waals surface area contributed by atoms with Gasteiger partial charge in [0.05, 0.1) is 6.61 Å². The highest BCUT2D eigenvalue weighted by atomic mass is 16.7. The molecule has 0 radical (unpaired) electrons. The standard InChI is InChI=1S/C9H12N2O5.C2H6/c1-9(2)15-5-6(16-9)4-14-8(12)7(3-10)11-13;1-2/h6,13H,4-5H2,1-2H3;1-2H3/b11-7-;. The second-order valence-corrected chi connectivity index (χ2v) is 3.61. The van der Waals surface area contributed by atoms with E-state index in [9.17, 15) is 4.79 Å². The second kappa shape index (κ2) is 7.63. The Morgan fingerprint density at radius 2 is 2.22 bits per heavy atom. The smallest absolute Gasteiger partial charge is 0.371 e. The fourth-order valence-electron chi connectivity index (χ4n) is 1.19. The Kier molecular flexibility index (Phi) is 6.93. The molecule has 0 amide bonds. The Hall–Kier alpha value is -1.65. The van der Waals surface area contributed by atoms with Crippen molar-refractivity contribution in [1.29, 1.82) is 5.26 Å². The molecule has 0 spiro atoms. The van der Waals surface area contributed by atoms with Gasteiger partial charge in [-0.25, -0.2) is 4.79 Å². The molecule has 1 N–H and O–H groups in total. The van der Waals surface area contributed by atoms with Crippen LogP contribution in [0.5, 0.6) is 0 Å². The van der Waals surface area contributed by atoms with Crippen LogP contribution < -0.4 is 0 Å². The summed E-state index contributed by atoms with van der Waals surface area (Å²) in [6, 6.07) is 1.40. The van der Waals surface area contributed by atoms with E-state index in [4.69, 9.17) is 24.7 Å². The Morgan fingerprint density at radius 1 is 1.61 bits per heavy atom. The number of carbonyl (C=O) groups excluding carboxylic acids is 1. The van der Waals surface area contributed by atoms with Crippen molar-refractivity contribution in [2.45, 2.75) is 39.6 Å². The third kappa shape index (κ3) is 5.12. The molecule has 1 aliphatic rings. The van der Waals surface area contributed by atoms with Gasteiger partial charge in [-0.1, -0.05) is 19.0 Å². The molecule has 7 nitrogen and oxygen atoms in total. The van der Waals surface area contributed by atoms with Crippen molar-refractivity contribution in [1.82, 2.24) is 0 Å². The van der Waals surface area contributed by atoms with Crippen LogP contribution in [0.1, 0.15) is 27.7 Å². The van der Waals surface area contributed by atoms with E-state index >= 15 is 0 Å². The molecule has 1 saturated heterocycles. The van der Waals surface area contributed by atoms with Crippen molar-refractivity contribution < 1.29 is 24.2 Å². The topological polar surface area (TPSA) is 101 Å². The molecule has 18 heavy (non-hydrogen) atoms. The molecule has 102 valence electrons. The zero-order chi connectivity index (χ0) is 14.2. The number of rotatable bonds is 3. The summed E-state index contributed by atoms with van der Waals surface area (Å²) in [5.74, 6) is -1.68. The molecule has 1 atom stereocenters. The zero-order valence-corrected chi connectivity index (χ0v) is 11.0. The molecule has 0 aromatic rings. The van der Waals surface area contributed by atoms with Gasteiger partial charge in [-0.15, -0.1) is 0 Å². The molecular weight excluding hydrogens is 240 g/mol. The van der Waals surface area contributed by atoms with Gasteiger partial charge in [0.15, 0.2) is 5.79 Å². The number of esters is 1. The predicted octanol–water partition coefficient (Wildman–Crippen LogP) is 1.06. The van der Waals surface area contributed by atoms with Gasteiger partial charge in [-0.2, -0.15) is 5.26 Å². The highest BCUT2D eigenvalue weighted by Gasteiger charge is 2.33. The Morgan fingerprint density at radius 3 is 2.61 bits per heavy atom. The van der Waals surface area contributed by atoms with Gasteiger partial charge in [0.2, 0.25) is 0 Å². The molecule has 1 unspecified atom stereocenters. The minimum atomic E-state index is -0.988. The lowest BCUT2D eigenvalue weighted by Gasteiger charge is -2.16. The molecule has 0 aromatic heterocycles. The van der Waals surface area contributed by atoms with Crippen LogP contribution in [0.2, 0.25) is 0 Å². The molecule has 0 saturated carbocycles. The largest absolute Gasteiger partial charge is 0.457 e. The molecule has 7 heteroatoms. The van der Waals surface area contributed by atoms with E-state index in [1.165, 1.54) is 6.07 Å². The highest BCUT2D eigenvalue weighted by Crippen LogP contribution is 2.22. The molecule has 1 rings (SSSR count). The van der Waals surface area contributed by atoms with Crippen LogP contribution in [0.25, 0.3) is 0 Å². The van der Waals surface area contributed by atoms with Crippen LogP contribution in [0.15, 0.2) is 5.16 Å². The van der Waals surface area contributed by atoms with Crippen molar-refractivity contribution in [3.05, 3.63) is 0 Å². The van der Waals surface area contributed by atoms with E-state index in [1.54, 1.807) is 13.8 Å². The number of nitriles is 1. The molecular formula is C11H18N2O5. The summed E-state index contributed by atoms with van der Waals surface area (Å²) in [5.41, 5.74) is -0.696. The zero-order valence-electron chi connectivity index (χ0n) is 11.0. The Labute approximate surface area is 106 Å². The summed E-state index contributed by atoms with van der Waals surface area (Å²) in [4.78, 5) is 11.1. The van der Waals surface area contributed by atoms with Crippen molar-refractivity contribution in [2.75, 3.05) is 13.2 Å². The number of hydrogen-bond donors (Lipinski definition) is 1. The van der Waals surface area contributed by atoms with E-state index in [1.807, 2.05) is 13.8 Å². The van der Waals surface area contributed by atoms with Crippen molar-refractivity contribution in [3.8, 4) is 6.07 Å². The molecule has 0 bridgehead atoms. The summed E-state index contributed by atoms with van der Waals surface area (Å²) < 4.78 is 15.3. The predicted molar refractivity (Wildman–Crippen MR) is 62.0 cm³/mol. The second-order valence-electron chi connectivity index (χ2n) is 3.61. The average Bonchev–Trinajstić information content (AvgIpc) is 2.70. The van der Waals surface area contributed by atoms with Crippen molar-refractivity contribution >= 4 is 11.7 Å². The van der Waals surface area contributed by atoms with Crippen molar-refractivity contribution in [2.24, 2.45) is 5.16 Å². The first-order chi connectivity index (χ1) is 8.48. The molecule has 0 aliphatic carbocycles. The van der Waals surface area contributed by atoms with E-state index < -0.39 is 17.5 Å². The average molecular weight is 258 g/mol. The van der Waals surface area contributed by atoms with E-state index in [0.29, 0.717) is 6.61 Å². The quantitative estimate of drug-likeness (QED) is 0.351. The van der Waals surface area contributed by atoms with Crippen LogP contribution in [0.4, 0.5) is 0 Å². The number of oxime groups is 1. The molecule has 1 fully saturated rings. The van der Waals surface area contributed by atoms with Gasteiger partial charge in [0.25, 0.3) is 5.71 Å². The summed E-state index contributed by atoms with van der Waals surface area (Å²) in [5, 5.41) is 19.1. The molecule has 0 aromatic carbocycles. The Bertz CT molecular complexity index is 346. The minimum absolute atomic E-state index is 0.0526. The van der Waals surface area contributed by atoms with Crippen molar-refractivity contribution in [3.63, 3.8) is 0 Å². The fraction of sp³-hybridized carbons (Fsp3) is 0.727. The minimum Gasteiger partial charge on any atom is -0.457 e. The van der Waals surface area contributed by atoms with Gasteiger partial charge >= 0.3 is 5.97 Å². The maximum absolute atomic E-state index is 11.1. The van der Waals surface area contributed by atoms with Crippen LogP contribution in [0.3, 0.4) is 0 Å². The molecule has 1 heterocycles. The third-order valence-electron chi connectivity index (χ3n) is 1.87. The van der Waals surface area contributed by atoms with Gasteiger partial charge < -0.3 is 19.4 Å². The summed E-state index contributed by atoms with van der Waals surface area (Å²) in [6.45, 7) is 7.73. The number of ether oxygens (including phenoxy) is 3. The lowest BCUT2D eigenvalue weighted by Crippen LogP contribution is -2.27. The first kappa shape index (κ1) is 16.4. The number of hydrogen-bond acceptors (Lipinski definition) is 7. The summed E-state index contributed by atoms with van der Waals surface area (Å²) in [6.07, 6.45) is -0.377. The van der Waals surface area contributed by atoms with Crippen LogP contribution in [-0.2, 0) is 19.0 Å². The van der Waals surface area contributed by atoms with Gasteiger partial charge in [0, 0.05) is 0 Å². The first-order valence-electron chi connectivity index (χ1n) is 5.59. The fourth-order valence-corrected chi connectivity index (χ4v) is 1.19. The summed E-state index contributed by atoms with van der Waals surface area (Å²) >= 11 is 0. The van der Waals surface area contributed by atoms with E-state index in [2.05, 4.69) is 5.16 Å². The number of nitrogens with zero attached hydrogens (tertiary/aromatic N) is 2. The maximum Gasteiger partial charge on any atom is 0.371 e. The van der Waals surface area contributed by atoms with Gasteiger partial charge in [-0.3, -0.25) is 0 Å². The van der Waals surface area contributed by atoms with Crippen LogP contribution in [0, 0.1) is 11.3 Å². The monoisotopic (exact) mass is 258 g/mol. The summed E-state index contributed by atoms with van der Waals surface area (Å²) in [7, 11) is 0. The van der Waals surface area contributed by atoms with Crippen LogP contribution in [-0.4, -0.2) is 42.0 Å². The van der Waals surface area contributed by atoms with E-state index in [0.717, 1.165) is 0 Å². The third-order valence-corrected chi connectivity index (χ3v) is 1.87. The SMILES string of the molecule is CC.CC1(C)OCC(COC(=O)/C(C#N)=N\O)O1. The number of carbonyl (C=O) groups is 1. The van der Waals surface area contributed by atoms with Gasteiger partial charge in [-0.05, 0) is 13.8 Å². The highest BCUT2D eigenvalue weighted by molar-refractivity contribution is 6.42. The Balaban J connectivity index is 0.00000137. The molecule has 1 aliphatic heterocycles. The normalized spacial score (nSPS) is 21.5. The van der Waals surface area contributed by atoms with E-state index in [-0.39, 0.29) is 12.7 Å². The maximum atomic E-state index is 11.1. The lowest BCUT2D eigenvalue weighted by atomic mass is 10.4.